The maximum absolute atomic E-state index is 10.8. The molecule has 0 bridgehead atoms. The predicted molar refractivity (Wildman–Crippen MR) is 141 cm³/mol. The summed E-state index contributed by atoms with van der Waals surface area (Å²) in [7, 11) is 0. The van der Waals surface area contributed by atoms with Crippen LogP contribution in [0.25, 0.3) is 0 Å². The van der Waals surface area contributed by atoms with Gasteiger partial charge >= 0.3 is 0 Å². The van der Waals surface area contributed by atoms with Gasteiger partial charge in [0.1, 0.15) is 12.2 Å². The second-order valence-corrected chi connectivity index (χ2v) is 12.3. The molecule has 0 heterocycles. The molecule has 0 radical (unpaired) electrons. The van der Waals surface area contributed by atoms with Crippen LogP contribution in [0.4, 0.5) is 0 Å². The van der Waals surface area contributed by atoms with Gasteiger partial charge < -0.3 is 25.2 Å². The van der Waals surface area contributed by atoms with Crippen molar-refractivity contribution < 1.29 is 25.2 Å². The van der Waals surface area contributed by atoms with Gasteiger partial charge in [-0.1, -0.05) is 44.9 Å². The molecule has 7 atom stereocenters. The van der Waals surface area contributed by atoms with Gasteiger partial charge in [-0.2, -0.15) is 0 Å². The van der Waals surface area contributed by atoms with Crippen LogP contribution in [0.3, 0.4) is 0 Å². The molecule has 0 aromatic heterocycles. The van der Waals surface area contributed by atoms with E-state index in [0.717, 1.165) is 30.4 Å². The van der Waals surface area contributed by atoms with Crippen molar-refractivity contribution in [1.29, 1.82) is 0 Å². The van der Waals surface area contributed by atoms with Crippen molar-refractivity contribution in [3.8, 4) is 0 Å². The third-order valence-corrected chi connectivity index (χ3v) is 9.17. The topological polar surface area (TPSA) is 90.2 Å². The van der Waals surface area contributed by atoms with Crippen molar-refractivity contribution in [2.45, 2.75) is 116 Å². The van der Waals surface area contributed by atoms with Gasteiger partial charge in [-0.15, -0.1) is 0 Å². The van der Waals surface area contributed by atoms with E-state index in [9.17, 15) is 15.3 Å². The van der Waals surface area contributed by atoms with Crippen LogP contribution in [0.1, 0.15) is 92.4 Å². The molecule has 3 rings (SSSR count). The summed E-state index contributed by atoms with van der Waals surface area (Å²) in [6.45, 7) is 11.0. The number of rotatable bonds is 11. The minimum atomic E-state index is -0.830. The lowest BCUT2D eigenvalue weighted by atomic mass is 9.62. The molecule has 4 N–H and O–H groups in total. The van der Waals surface area contributed by atoms with Crippen LogP contribution < -0.4 is 0 Å². The molecule has 1 saturated carbocycles. The highest BCUT2D eigenvalue weighted by Gasteiger charge is 2.49. The third-order valence-electron chi connectivity index (χ3n) is 9.17. The molecular weight excluding hydrogens is 440 g/mol. The Hall–Kier alpha value is -0.980. The van der Waals surface area contributed by atoms with Crippen molar-refractivity contribution in [3.05, 3.63) is 34.9 Å². The van der Waals surface area contributed by atoms with E-state index < -0.39 is 23.9 Å². The zero-order chi connectivity index (χ0) is 25.8. The highest BCUT2D eigenvalue weighted by Crippen LogP contribution is 2.58. The van der Waals surface area contributed by atoms with Gasteiger partial charge in [-0.3, -0.25) is 0 Å². The summed E-state index contributed by atoms with van der Waals surface area (Å²) in [6, 6.07) is 0. The molecule has 0 amide bonds. The van der Waals surface area contributed by atoms with Crippen molar-refractivity contribution in [3.63, 3.8) is 0 Å². The summed E-state index contributed by atoms with van der Waals surface area (Å²) in [4.78, 5) is 0. The van der Waals surface area contributed by atoms with Gasteiger partial charge in [0.05, 0.1) is 11.7 Å². The first kappa shape index (κ1) is 28.6. The first-order chi connectivity index (χ1) is 16.5. The summed E-state index contributed by atoms with van der Waals surface area (Å²) >= 11 is 0. The van der Waals surface area contributed by atoms with E-state index in [2.05, 4.69) is 32.1 Å². The normalized spacial score (nSPS) is 34.9. The maximum Gasteiger partial charge on any atom is 0.113 e. The van der Waals surface area contributed by atoms with Gasteiger partial charge in [0.15, 0.2) is 0 Å². The predicted octanol–water partition coefficient (Wildman–Crippen LogP) is 5.08. The number of hydrogen-bond donors (Lipinski definition) is 4. The molecule has 0 aromatic rings. The first-order valence-electron chi connectivity index (χ1n) is 13.9. The smallest absolute Gasteiger partial charge is 0.113 e. The minimum absolute atomic E-state index is 0.0391. The average Bonchev–Trinajstić information content (AvgIpc) is 3.14. The summed E-state index contributed by atoms with van der Waals surface area (Å²) in [6.07, 6.45) is 13.4. The van der Waals surface area contributed by atoms with Gasteiger partial charge in [0, 0.05) is 19.6 Å². The number of ether oxygens (including phenoxy) is 1. The van der Waals surface area contributed by atoms with Crippen LogP contribution in [0.15, 0.2) is 34.9 Å². The zero-order valence-electron chi connectivity index (χ0n) is 22.7. The van der Waals surface area contributed by atoms with Gasteiger partial charge in [-0.05, 0) is 99.2 Å². The lowest BCUT2D eigenvalue weighted by Gasteiger charge is -2.43. The Morgan fingerprint density at radius 3 is 2.63 bits per heavy atom. The molecule has 35 heavy (non-hydrogen) atoms. The maximum atomic E-state index is 10.8. The van der Waals surface area contributed by atoms with E-state index >= 15 is 0 Å². The first-order valence-corrected chi connectivity index (χ1v) is 13.9. The third kappa shape index (κ3) is 6.87. The Labute approximate surface area is 213 Å². The number of aliphatic hydroxyl groups excluding tert-OH is 3. The van der Waals surface area contributed by atoms with E-state index in [1.165, 1.54) is 31.3 Å². The molecule has 3 aliphatic rings. The monoisotopic (exact) mass is 490 g/mol. The number of allylic oxidation sites excluding steroid dienone is 4. The number of aliphatic hydroxyl groups is 4. The van der Waals surface area contributed by atoms with Crippen LogP contribution in [0, 0.1) is 23.2 Å². The number of hydrogen-bond acceptors (Lipinski definition) is 5. The second-order valence-electron chi connectivity index (χ2n) is 12.3. The lowest BCUT2D eigenvalue weighted by molar-refractivity contribution is -0.0958. The Morgan fingerprint density at radius 2 is 1.94 bits per heavy atom. The molecule has 1 fully saturated rings. The largest absolute Gasteiger partial charge is 0.396 e. The second kappa shape index (κ2) is 12.0. The molecule has 5 nitrogen and oxygen atoms in total. The van der Waals surface area contributed by atoms with Crippen molar-refractivity contribution in [2.75, 3.05) is 13.2 Å². The van der Waals surface area contributed by atoms with Crippen molar-refractivity contribution >= 4 is 0 Å². The summed E-state index contributed by atoms with van der Waals surface area (Å²) < 4.78 is 5.67. The zero-order valence-corrected chi connectivity index (χ0v) is 22.7. The fraction of sp³-hybridized carbons (Fsp3) is 0.800. The number of fused-ring (bicyclic) bond motifs is 1. The molecular formula is C30H50O5. The Bertz CT molecular complexity index is 791. The molecule has 0 aliphatic heterocycles. The van der Waals surface area contributed by atoms with E-state index in [0.29, 0.717) is 42.6 Å². The van der Waals surface area contributed by atoms with Crippen LogP contribution in [-0.4, -0.2) is 57.6 Å². The molecule has 200 valence electrons. The fourth-order valence-corrected chi connectivity index (χ4v) is 7.07. The Balaban J connectivity index is 1.66. The van der Waals surface area contributed by atoms with Crippen LogP contribution in [-0.2, 0) is 4.74 Å². The van der Waals surface area contributed by atoms with E-state index in [4.69, 9.17) is 9.84 Å². The highest BCUT2D eigenvalue weighted by atomic mass is 16.5. The summed E-state index contributed by atoms with van der Waals surface area (Å²) in [5.74, 6) is 1.93. The average molecular weight is 491 g/mol. The van der Waals surface area contributed by atoms with Crippen LogP contribution in [0.5, 0.6) is 0 Å². The minimum Gasteiger partial charge on any atom is -0.396 e. The van der Waals surface area contributed by atoms with E-state index in [1.54, 1.807) is 0 Å². The quantitative estimate of drug-likeness (QED) is 0.303. The van der Waals surface area contributed by atoms with Crippen molar-refractivity contribution in [1.82, 2.24) is 0 Å². The Kier molecular flexibility index (Phi) is 9.84. The van der Waals surface area contributed by atoms with Gasteiger partial charge in [0.2, 0.25) is 0 Å². The molecule has 0 aromatic carbocycles. The van der Waals surface area contributed by atoms with E-state index in [-0.39, 0.29) is 6.61 Å². The summed E-state index contributed by atoms with van der Waals surface area (Å²) in [5.41, 5.74) is 3.00. The molecule has 0 spiro atoms. The standard InChI is InChI=1S/C30H50O5/c1-20(9-6-15-29(3,4)34)24-13-14-25-22(10-7-16-30(24,25)5)11-12-23-19-26(32)28(27(33)21(23)2)35-18-8-17-31/h10-12,20,24-28,31-34H,6-9,13-19H2,1-5H3/b12-11-/t20-,24?,25?,26?,27-,28?,30?/m1/s1. The molecule has 3 aliphatic carbocycles. The van der Waals surface area contributed by atoms with Crippen molar-refractivity contribution in [2.24, 2.45) is 23.2 Å². The highest BCUT2D eigenvalue weighted by molar-refractivity contribution is 5.38. The Morgan fingerprint density at radius 1 is 1.20 bits per heavy atom. The fourth-order valence-electron chi connectivity index (χ4n) is 7.07. The van der Waals surface area contributed by atoms with E-state index in [1.807, 2.05) is 20.8 Å². The van der Waals surface area contributed by atoms with Crippen LogP contribution in [0.2, 0.25) is 0 Å². The molecule has 5 unspecified atom stereocenters. The lowest BCUT2D eigenvalue weighted by Crippen LogP contribution is -2.44. The van der Waals surface area contributed by atoms with Crippen LogP contribution >= 0.6 is 0 Å². The van der Waals surface area contributed by atoms with Gasteiger partial charge in [0.25, 0.3) is 0 Å². The molecule has 0 saturated heterocycles. The SMILES string of the molecule is CC1=C(/C=C\C2=CCCC3(C)C2CCC3[C@H](C)CCCC(C)(C)O)CC(O)C(OCCCO)[C@@H]1O. The summed E-state index contributed by atoms with van der Waals surface area (Å²) in [5, 5.41) is 40.4. The molecule has 5 heteroatoms. The van der Waals surface area contributed by atoms with Gasteiger partial charge in [-0.25, -0.2) is 0 Å².